The molecular weight excluding hydrogens is 1340 g/mol. The fourth-order valence-corrected chi connectivity index (χ4v) is 16.5. The molecule has 4 aliphatic heterocycles. The van der Waals surface area contributed by atoms with Crippen LogP contribution in [0.5, 0.6) is 11.5 Å². The number of hydrogen-bond donors (Lipinski definition) is 0. The zero-order chi connectivity index (χ0) is 67.9. The van der Waals surface area contributed by atoms with Crippen LogP contribution in [0, 0.1) is 23.7 Å². The van der Waals surface area contributed by atoms with E-state index in [1.807, 2.05) is 107 Å². The van der Waals surface area contributed by atoms with Crippen LogP contribution in [0.4, 0.5) is 21.0 Å². The van der Waals surface area contributed by atoms with E-state index in [1.54, 1.807) is 47.8 Å². The normalized spacial score (nSPS) is 22.1. The van der Waals surface area contributed by atoms with Crippen LogP contribution in [0.15, 0.2) is 184 Å². The number of rotatable bonds is 15. The molecule has 0 radical (unpaired) electrons. The van der Waals surface area contributed by atoms with Crippen molar-refractivity contribution >= 4 is 89.2 Å². The van der Waals surface area contributed by atoms with E-state index in [1.165, 1.54) is 61.1 Å². The molecule has 17 nitrogen and oxygen atoms in total. The molecule has 4 heterocycles. The molecule has 0 N–H and O–H groups in total. The van der Waals surface area contributed by atoms with Crippen LogP contribution in [0.1, 0.15) is 80.4 Å². The maximum atomic E-state index is 12.2. The molecule has 0 aliphatic carbocycles. The van der Waals surface area contributed by atoms with E-state index in [0.717, 1.165) is 24.5 Å². The van der Waals surface area contributed by atoms with Gasteiger partial charge in [-0.15, -0.1) is 0 Å². The largest absolute Gasteiger partial charge is 1.00 e. The Labute approximate surface area is 554 Å². The molecule has 0 saturated carbocycles. The molecule has 0 bridgehead atoms. The van der Waals surface area contributed by atoms with Crippen molar-refractivity contribution in [2.75, 3.05) is 13.2 Å². The third kappa shape index (κ3) is 22.0. The molecule has 0 amide bonds. The first-order chi connectivity index (χ1) is 43.9. The van der Waals surface area contributed by atoms with Crippen LogP contribution in [0.3, 0.4) is 0 Å². The van der Waals surface area contributed by atoms with Gasteiger partial charge < -0.3 is 52.1 Å². The summed E-state index contributed by atoms with van der Waals surface area (Å²) < 4.78 is 118. The van der Waals surface area contributed by atoms with E-state index in [-0.39, 0.29) is 54.8 Å². The molecule has 94 heavy (non-hydrogen) atoms. The number of para-hydroxylation sites is 1. The van der Waals surface area contributed by atoms with Gasteiger partial charge in [0.2, 0.25) is 12.6 Å². The molecule has 0 aromatic heterocycles. The van der Waals surface area contributed by atoms with E-state index < -0.39 is 103 Å². The molecule has 28 heteroatoms. The fourth-order valence-electron chi connectivity index (χ4n) is 9.97. The SMILES string of the molecule is CC(=O)OCc1cc([S+]2c3ccccc3Sc3ccccc32)ccc1O[C@@H]1OC(COC(C)=O)[C@@H](C)[C@H](C)C1OC(C)=O.CC(=O)OCc1ccccc1O[C@@H]1OC(COC(C)=O)[C@@H](C)[C@H](C)C1OC(C)=O.FP(F)(F)(F)F.O=S1c2ccccc2Sc2ccccc21.[F-]. The number of benzene rings is 6. The molecule has 4 unspecified atom stereocenters. The molecular formula is C66H71F6O17PS4. The molecule has 508 valence electrons. The Bertz CT molecular complexity index is 3560. The summed E-state index contributed by atoms with van der Waals surface area (Å²) in [5, 5.41) is 0. The first-order valence-corrected chi connectivity index (χ1v) is 34.8. The van der Waals surface area contributed by atoms with Crippen LogP contribution < -0.4 is 14.2 Å². The van der Waals surface area contributed by atoms with Crippen molar-refractivity contribution in [3.63, 3.8) is 0 Å². The number of esters is 6. The predicted molar refractivity (Wildman–Crippen MR) is 337 cm³/mol. The van der Waals surface area contributed by atoms with Gasteiger partial charge in [-0.05, 0) is 78.6 Å². The number of halogens is 6. The average molecular weight is 1410 g/mol. The Morgan fingerprint density at radius 2 is 0.830 bits per heavy atom. The number of carbonyl (C=O) groups is 6. The fraction of sp³-hybridized carbons (Fsp3) is 0.364. The van der Waals surface area contributed by atoms with Crippen LogP contribution in [-0.4, -0.2) is 90.2 Å². The average Bonchev–Trinajstić information content (AvgIpc) is 0.775. The summed E-state index contributed by atoms with van der Waals surface area (Å²) in [6.07, 6.45) is -4.15. The van der Waals surface area contributed by atoms with E-state index in [0.29, 0.717) is 22.6 Å². The Kier molecular flexibility index (Phi) is 27.5. The minimum Gasteiger partial charge on any atom is -1.00 e. The van der Waals surface area contributed by atoms with Gasteiger partial charge in [0.15, 0.2) is 26.9 Å². The number of carbonyl (C=O) groups excluding carboxylic acids is 6. The van der Waals surface area contributed by atoms with Gasteiger partial charge in [-0.25, -0.2) is 4.21 Å². The van der Waals surface area contributed by atoms with Crippen molar-refractivity contribution in [1.29, 1.82) is 0 Å². The third-order valence-corrected chi connectivity index (χ3v) is 21.4. The van der Waals surface area contributed by atoms with Crippen LogP contribution in [-0.2, 0) is 102 Å². The Hall–Kier alpha value is -7.13. The minimum absolute atomic E-state index is 0. The van der Waals surface area contributed by atoms with Gasteiger partial charge in [-0.2, -0.15) is 0 Å². The van der Waals surface area contributed by atoms with Crippen molar-refractivity contribution in [3.05, 3.63) is 151 Å². The number of ether oxygens (including phenoxy) is 10. The molecule has 6 aromatic carbocycles. The summed E-state index contributed by atoms with van der Waals surface area (Å²) >= 11 is 3.45. The number of hydrogen-bond acceptors (Lipinski definition) is 19. The Morgan fingerprint density at radius 1 is 0.468 bits per heavy atom. The van der Waals surface area contributed by atoms with Crippen LogP contribution in [0.2, 0.25) is 0 Å². The minimum atomic E-state index is -8.55. The molecule has 0 spiro atoms. The smallest absolute Gasteiger partial charge is 0.0872 e. The van der Waals surface area contributed by atoms with Crippen molar-refractivity contribution in [2.24, 2.45) is 23.7 Å². The second-order valence-corrected chi connectivity index (χ2v) is 28.5. The van der Waals surface area contributed by atoms with E-state index >= 15 is 0 Å². The monoisotopic (exact) mass is 1410 g/mol. The molecule has 4 aliphatic rings. The zero-order valence-electron chi connectivity index (χ0n) is 52.7. The summed E-state index contributed by atoms with van der Waals surface area (Å²) in [5.74, 6) is -2.05. The van der Waals surface area contributed by atoms with Gasteiger partial charge in [0.25, 0.3) is 0 Å². The molecule has 2 saturated heterocycles. The van der Waals surface area contributed by atoms with Crippen molar-refractivity contribution in [3.8, 4) is 11.5 Å². The van der Waals surface area contributed by atoms with Crippen molar-refractivity contribution in [2.45, 2.75) is 164 Å². The van der Waals surface area contributed by atoms with Crippen molar-refractivity contribution in [1.82, 2.24) is 0 Å². The zero-order valence-corrected chi connectivity index (χ0v) is 56.8. The van der Waals surface area contributed by atoms with Gasteiger partial charge in [-0.3, -0.25) is 28.8 Å². The summed E-state index contributed by atoms with van der Waals surface area (Å²) in [6.45, 7) is 16.0. The molecule has 10 atom stereocenters. The quantitative estimate of drug-likeness (QED) is 0.0307. The first-order valence-electron chi connectivity index (χ1n) is 29.1. The molecule has 2 fully saturated rings. The van der Waals surface area contributed by atoms with Gasteiger partial charge in [0, 0.05) is 80.4 Å². The van der Waals surface area contributed by atoms with Crippen LogP contribution >= 0.6 is 31.7 Å². The standard InChI is InChI=1S/C33H35O8S2.C21H28O8.C12H8OS2.F5P.FH/c1-19-20(2)32(39-23(5)36)33(41-27(19)18-38-22(4)35)40-26-15-14-25(16-24(26)17-37-21(3)34)43-30-12-8-6-10-28(30)42-29-11-7-9-13-31(29)43;1-12-13(2)20(27-16(5)24)21(29-19(12)11-26-15(4)23)28-18-9-7-6-8-17(18)10-25-14(3)22;13-15-11-7-3-1-5-9(11)14-10-6-2-4-8-12(10)15;1-6(2,3,4)5;/h6-16,19-20,27,32-33H,17-18H2,1-5H3;6-9,12-13,19-21H,10-11H2,1-5H3;1-8H;;1H/q+1;;;;/p-1/t19-,20-,27?,32?,33+;12-,13-,19?,20?,21+;;;/m00.../s1. The summed E-state index contributed by atoms with van der Waals surface area (Å²) in [5.41, 5.74) is 1.30. The summed E-state index contributed by atoms with van der Waals surface area (Å²) in [7, 11) is -9.96. The van der Waals surface area contributed by atoms with Crippen molar-refractivity contribution < 1.29 is 106 Å². The number of fused-ring (bicyclic) bond motifs is 4. The van der Waals surface area contributed by atoms with Gasteiger partial charge in [0.1, 0.15) is 48.8 Å². The van der Waals surface area contributed by atoms with E-state index in [9.17, 15) is 54.0 Å². The second-order valence-electron chi connectivity index (χ2n) is 21.7. The van der Waals surface area contributed by atoms with Crippen LogP contribution in [0.25, 0.3) is 0 Å². The maximum absolute atomic E-state index is 12.2. The van der Waals surface area contributed by atoms with E-state index in [2.05, 4.69) is 36.4 Å². The third-order valence-electron chi connectivity index (χ3n) is 14.8. The predicted octanol–water partition coefficient (Wildman–Crippen LogP) is 12.1. The topological polar surface area (TPSA) is 212 Å². The molecule has 10 rings (SSSR count). The Balaban J connectivity index is 0.000000234. The van der Waals surface area contributed by atoms with E-state index in [4.69, 9.17) is 47.4 Å². The first kappa shape index (κ1) is 75.9. The second kappa shape index (κ2) is 34.0. The summed E-state index contributed by atoms with van der Waals surface area (Å²) in [4.78, 5) is 79.4. The Morgan fingerprint density at radius 3 is 1.26 bits per heavy atom. The van der Waals surface area contributed by atoms with Gasteiger partial charge >= 0.3 is 65.0 Å². The maximum Gasteiger partial charge on any atom is 0.0872 e. The molecule has 6 aromatic rings. The summed E-state index contributed by atoms with van der Waals surface area (Å²) in [6, 6.07) is 45.5. The van der Waals surface area contributed by atoms with Gasteiger partial charge in [0.05, 0.1) is 42.6 Å². The van der Waals surface area contributed by atoms with Gasteiger partial charge in [-0.1, -0.05) is 118 Å².